The Hall–Kier alpha value is -1.36. The first-order valence-electron chi connectivity index (χ1n) is 9.37. The summed E-state index contributed by atoms with van der Waals surface area (Å²) in [4.78, 5) is 19.1. The van der Waals surface area contributed by atoms with Crippen molar-refractivity contribution in [3.63, 3.8) is 0 Å². The zero-order valence-corrected chi connectivity index (χ0v) is 15.6. The second kappa shape index (κ2) is 13.0. The zero-order valence-electron chi connectivity index (χ0n) is 15.6. The molecule has 24 heavy (non-hydrogen) atoms. The predicted octanol–water partition coefficient (Wildman–Crippen LogP) is 4.87. The van der Waals surface area contributed by atoms with Crippen molar-refractivity contribution in [2.45, 2.75) is 84.2 Å². The van der Waals surface area contributed by atoms with E-state index in [2.05, 4.69) is 16.9 Å². The lowest BCUT2D eigenvalue weighted by Gasteiger charge is -2.13. The predicted molar refractivity (Wildman–Crippen MR) is 95.9 cm³/mol. The normalized spacial score (nSPS) is 12.3. The molecule has 1 aromatic heterocycles. The van der Waals surface area contributed by atoms with Crippen LogP contribution in [0.4, 0.5) is 0 Å². The molecular formula is C19H34N2O3. The summed E-state index contributed by atoms with van der Waals surface area (Å²) in [6.07, 6.45) is 13.1. The van der Waals surface area contributed by atoms with Crippen LogP contribution in [0.5, 0.6) is 0 Å². The van der Waals surface area contributed by atoms with E-state index in [0.717, 1.165) is 18.5 Å². The van der Waals surface area contributed by atoms with Gasteiger partial charge in [0.2, 0.25) is 0 Å². The summed E-state index contributed by atoms with van der Waals surface area (Å²) in [5, 5.41) is 0. The van der Waals surface area contributed by atoms with Gasteiger partial charge >= 0.3 is 5.97 Å². The lowest BCUT2D eigenvalue weighted by atomic mass is 10.1. The van der Waals surface area contributed by atoms with Crippen LogP contribution >= 0.6 is 0 Å². The molecule has 1 aromatic rings. The van der Waals surface area contributed by atoms with E-state index in [4.69, 9.17) is 9.47 Å². The van der Waals surface area contributed by atoms with Gasteiger partial charge in [-0.3, -0.25) is 4.79 Å². The molecule has 1 heterocycles. The second-order valence-corrected chi connectivity index (χ2v) is 6.44. The number of aromatic amines is 1. The number of hydrogen-bond donors (Lipinski definition) is 1. The van der Waals surface area contributed by atoms with Crippen LogP contribution < -0.4 is 0 Å². The molecule has 138 valence electrons. The molecule has 0 bridgehead atoms. The number of H-pyrrole nitrogens is 1. The number of nitrogens with one attached hydrogen (secondary N) is 1. The van der Waals surface area contributed by atoms with Gasteiger partial charge in [-0.1, -0.05) is 58.3 Å². The van der Waals surface area contributed by atoms with E-state index in [9.17, 15) is 4.79 Å². The van der Waals surface area contributed by atoms with Crippen LogP contribution in [0.25, 0.3) is 0 Å². The summed E-state index contributed by atoms with van der Waals surface area (Å²) >= 11 is 0. The largest absolute Gasteiger partial charge is 0.462 e. The first-order chi connectivity index (χ1) is 11.7. The average molecular weight is 338 g/mol. The van der Waals surface area contributed by atoms with E-state index in [0.29, 0.717) is 12.2 Å². The van der Waals surface area contributed by atoms with Crippen LogP contribution in [0.15, 0.2) is 6.20 Å². The summed E-state index contributed by atoms with van der Waals surface area (Å²) in [5.74, 6) is 0.550. The summed E-state index contributed by atoms with van der Waals surface area (Å²) in [6, 6.07) is 0. The number of hydrogen-bond acceptors (Lipinski definition) is 4. The Morgan fingerprint density at radius 3 is 2.29 bits per heavy atom. The fourth-order valence-corrected chi connectivity index (χ4v) is 2.68. The van der Waals surface area contributed by atoms with Crippen molar-refractivity contribution in [1.29, 1.82) is 0 Å². The van der Waals surface area contributed by atoms with E-state index in [-0.39, 0.29) is 18.7 Å². The van der Waals surface area contributed by atoms with Crippen LogP contribution in [0, 0.1) is 6.92 Å². The monoisotopic (exact) mass is 338 g/mol. The number of methoxy groups -OCH3 is 1. The fourth-order valence-electron chi connectivity index (χ4n) is 2.68. The molecule has 0 spiro atoms. The van der Waals surface area contributed by atoms with E-state index in [1.807, 2.05) is 6.92 Å². The molecule has 0 saturated heterocycles. The number of nitrogens with zero attached hydrogens (tertiary/aromatic N) is 1. The van der Waals surface area contributed by atoms with Crippen LogP contribution in [0.3, 0.4) is 0 Å². The van der Waals surface area contributed by atoms with Gasteiger partial charge in [-0.15, -0.1) is 0 Å². The van der Waals surface area contributed by atoms with Crippen molar-refractivity contribution >= 4 is 5.97 Å². The van der Waals surface area contributed by atoms with Crippen molar-refractivity contribution < 1.29 is 14.3 Å². The maximum absolute atomic E-state index is 11.8. The standard InChI is InChI=1S/C19H34N2O3/c1-4-5-6-7-8-9-10-11-12-13-18(22)24-15-17(23-3)19-20-14-16(2)21-19/h14,17H,4-13,15H2,1-3H3,(H,20,21). The fraction of sp³-hybridized carbons (Fsp3) is 0.789. The van der Waals surface area contributed by atoms with Gasteiger partial charge in [0.15, 0.2) is 0 Å². The minimum absolute atomic E-state index is 0.150. The molecule has 0 radical (unpaired) electrons. The van der Waals surface area contributed by atoms with E-state index in [1.165, 1.54) is 44.9 Å². The second-order valence-electron chi connectivity index (χ2n) is 6.44. The minimum Gasteiger partial charge on any atom is -0.462 e. The van der Waals surface area contributed by atoms with Crippen LogP contribution in [0.2, 0.25) is 0 Å². The molecule has 0 aliphatic carbocycles. The summed E-state index contributed by atoms with van der Waals surface area (Å²) in [7, 11) is 1.59. The number of aromatic nitrogens is 2. The van der Waals surface area contributed by atoms with E-state index in [1.54, 1.807) is 13.3 Å². The number of aryl methyl sites for hydroxylation is 1. The number of rotatable bonds is 14. The highest BCUT2D eigenvalue weighted by Gasteiger charge is 2.16. The summed E-state index contributed by atoms with van der Waals surface area (Å²) in [5.41, 5.74) is 0.966. The first-order valence-corrected chi connectivity index (χ1v) is 9.37. The average Bonchev–Trinajstić information content (AvgIpc) is 3.00. The number of imidazole rings is 1. The van der Waals surface area contributed by atoms with Gasteiger partial charge in [0.1, 0.15) is 18.5 Å². The number of esters is 1. The topological polar surface area (TPSA) is 64.2 Å². The number of unbranched alkanes of at least 4 members (excludes halogenated alkanes) is 8. The minimum atomic E-state index is -0.328. The molecule has 0 aromatic carbocycles. The highest BCUT2D eigenvalue weighted by Crippen LogP contribution is 2.15. The molecule has 5 heteroatoms. The lowest BCUT2D eigenvalue weighted by Crippen LogP contribution is -2.15. The van der Waals surface area contributed by atoms with Gasteiger partial charge in [-0.05, 0) is 13.3 Å². The van der Waals surface area contributed by atoms with Crippen molar-refractivity contribution in [3.8, 4) is 0 Å². The SMILES string of the molecule is CCCCCCCCCCCC(=O)OCC(OC)c1ncc(C)[nH]1. The van der Waals surface area contributed by atoms with E-state index >= 15 is 0 Å². The van der Waals surface area contributed by atoms with Crippen LogP contribution in [0.1, 0.15) is 88.8 Å². The number of carbonyl (C=O) groups is 1. The van der Waals surface area contributed by atoms with Crippen LogP contribution in [-0.2, 0) is 14.3 Å². The van der Waals surface area contributed by atoms with Gasteiger partial charge in [0.05, 0.1) is 0 Å². The van der Waals surface area contributed by atoms with Crippen molar-refractivity contribution in [2.75, 3.05) is 13.7 Å². The maximum atomic E-state index is 11.8. The Morgan fingerprint density at radius 1 is 1.12 bits per heavy atom. The molecule has 0 aliphatic heterocycles. The third-order valence-corrected chi connectivity index (χ3v) is 4.19. The van der Waals surface area contributed by atoms with Gasteiger partial charge in [0.25, 0.3) is 0 Å². The zero-order chi connectivity index (χ0) is 17.6. The summed E-state index contributed by atoms with van der Waals surface area (Å²) < 4.78 is 10.6. The molecule has 1 atom stereocenters. The Labute approximate surface area is 146 Å². The van der Waals surface area contributed by atoms with E-state index < -0.39 is 0 Å². The third-order valence-electron chi connectivity index (χ3n) is 4.19. The summed E-state index contributed by atoms with van der Waals surface area (Å²) in [6.45, 7) is 4.38. The lowest BCUT2D eigenvalue weighted by molar-refractivity contribution is -0.147. The van der Waals surface area contributed by atoms with Crippen LogP contribution in [-0.4, -0.2) is 29.7 Å². The van der Waals surface area contributed by atoms with Gasteiger partial charge in [-0.25, -0.2) is 4.98 Å². The van der Waals surface area contributed by atoms with Crippen molar-refractivity contribution in [2.24, 2.45) is 0 Å². The first kappa shape index (κ1) is 20.7. The smallest absolute Gasteiger partial charge is 0.305 e. The molecule has 1 unspecified atom stereocenters. The molecule has 0 saturated carbocycles. The number of carbonyl (C=O) groups excluding carboxylic acids is 1. The molecule has 5 nitrogen and oxygen atoms in total. The van der Waals surface area contributed by atoms with Gasteiger partial charge in [0, 0.05) is 25.4 Å². The molecule has 0 fully saturated rings. The Balaban J connectivity index is 2.03. The maximum Gasteiger partial charge on any atom is 0.305 e. The van der Waals surface area contributed by atoms with Crippen molar-refractivity contribution in [3.05, 3.63) is 17.7 Å². The molecular weight excluding hydrogens is 304 g/mol. The highest BCUT2D eigenvalue weighted by molar-refractivity contribution is 5.69. The Morgan fingerprint density at radius 2 is 1.75 bits per heavy atom. The molecule has 1 rings (SSSR count). The quantitative estimate of drug-likeness (QED) is 0.388. The Kier molecular flexibility index (Phi) is 11.2. The third kappa shape index (κ3) is 9.06. The molecule has 0 amide bonds. The van der Waals surface area contributed by atoms with Gasteiger partial charge < -0.3 is 14.5 Å². The Bertz CT molecular complexity index is 446. The van der Waals surface area contributed by atoms with Crippen molar-refractivity contribution in [1.82, 2.24) is 9.97 Å². The molecule has 1 N–H and O–H groups in total. The van der Waals surface area contributed by atoms with Gasteiger partial charge in [-0.2, -0.15) is 0 Å². The number of ether oxygens (including phenoxy) is 2. The highest BCUT2D eigenvalue weighted by atomic mass is 16.6. The molecule has 0 aliphatic rings.